The van der Waals surface area contributed by atoms with Gasteiger partial charge in [0.25, 0.3) is 0 Å². The number of hydrogen-bond donors (Lipinski definition) is 1. The van der Waals surface area contributed by atoms with E-state index in [0.717, 1.165) is 12.8 Å². The fourth-order valence-electron chi connectivity index (χ4n) is 3.02. The Balaban J connectivity index is 1.90. The lowest BCUT2D eigenvalue weighted by molar-refractivity contribution is 0.110. The van der Waals surface area contributed by atoms with Gasteiger partial charge in [-0.05, 0) is 51.9 Å². The van der Waals surface area contributed by atoms with Crippen LogP contribution in [0.15, 0.2) is 40.9 Å². The fourth-order valence-corrected chi connectivity index (χ4v) is 3.38. The van der Waals surface area contributed by atoms with Crippen molar-refractivity contribution in [1.82, 2.24) is 0 Å². The maximum atomic E-state index is 13.6. The van der Waals surface area contributed by atoms with Crippen LogP contribution in [0.4, 0.5) is 4.39 Å². The first-order valence-corrected chi connectivity index (χ1v) is 7.67. The summed E-state index contributed by atoms with van der Waals surface area (Å²) in [6.07, 6.45) is 0.981. The van der Waals surface area contributed by atoms with Crippen LogP contribution in [0.25, 0.3) is 0 Å². The minimum Gasteiger partial charge on any atom is -0.496 e. The van der Waals surface area contributed by atoms with E-state index in [1.807, 2.05) is 12.1 Å². The highest BCUT2D eigenvalue weighted by atomic mass is 79.9. The molecule has 0 radical (unpaired) electrons. The molecule has 1 N–H and O–H groups in total. The molecular formula is C17H16BrFO2. The second-order valence-corrected chi connectivity index (χ2v) is 6.24. The normalized spacial score (nSPS) is 15.8. The smallest absolute Gasteiger partial charge is 0.141 e. The maximum absolute atomic E-state index is 13.6. The number of aliphatic hydroxyl groups excluding tert-OH is 1. The minimum atomic E-state index is -0.677. The van der Waals surface area contributed by atoms with E-state index >= 15 is 0 Å². The first-order valence-electron chi connectivity index (χ1n) is 6.88. The molecule has 0 saturated carbocycles. The molecule has 0 saturated heterocycles. The molecule has 2 nitrogen and oxygen atoms in total. The molecule has 110 valence electrons. The summed E-state index contributed by atoms with van der Waals surface area (Å²) < 4.78 is 19.2. The van der Waals surface area contributed by atoms with Gasteiger partial charge in [0.05, 0.1) is 17.7 Å². The van der Waals surface area contributed by atoms with Gasteiger partial charge in [-0.1, -0.05) is 24.3 Å². The Morgan fingerprint density at radius 2 is 1.86 bits per heavy atom. The molecule has 1 aliphatic carbocycles. The predicted octanol–water partition coefficient (Wildman–Crippen LogP) is 4.05. The number of rotatable bonds is 3. The van der Waals surface area contributed by atoms with E-state index in [0.29, 0.717) is 15.8 Å². The zero-order chi connectivity index (χ0) is 15.0. The molecule has 3 rings (SSSR count). The Morgan fingerprint density at radius 1 is 1.24 bits per heavy atom. The second-order valence-electron chi connectivity index (χ2n) is 5.39. The molecule has 0 fully saturated rings. The zero-order valence-corrected chi connectivity index (χ0v) is 13.2. The van der Waals surface area contributed by atoms with Gasteiger partial charge in [0.2, 0.25) is 0 Å². The molecule has 0 aliphatic heterocycles. The van der Waals surface area contributed by atoms with E-state index in [1.165, 1.54) is 24.3 Å². The van der Waals surface area contributed by atoms with Crippen molar-refractivity contribution in [2.45, 2.75) is 18.9 Å². The van der Waals surface area contributed by atoms with Crippen molar-refractivity contribution in [3.8, 4) is 5.75 Å². The van der Waals surface area contributed by atoms with Crippen molar-refractivity contribution in [3.63, 3.8) is 0 Å². The van der Waals surface area contributed by atoms with E-state index in [4.69, 9.17) is 4.74 Å². The summed E-state index contributed by atoms with van der Waals surface area (Å²) in [5.74, 6) is 0.0883. The van der Waals surface area contributed by atoms with E-state index in [1.54, 1.807) is 6.07 Å². The average molecular weight is 351 g/mol. The van der Waals surface area contributed by atoms with E-state index < -0.39 is 11.9 Å². The molecule has 0 amide bonds. The van der Waals surface area contributed by atoms with Crippen LogP contribution in [0.2, 0.25) is 0 Å². The molecular weight excluding hydrogens is 335 g/mol. The molecule has 0 spiro atoms. The summed E-state index contributed by atoms with van der Waals surface area (Å²) in [6, 6.07) is 11.2. The van der Waals surface area contributed by atoms with Crippen LogP contribution in [0.5, 0.6) is 5.75 Å². The quantitative estimate of drug-likeness (QED) is 0.904. The molecule has 0 aromatic heterocycles. The number of halogens is 2. The van der Waals surface area contributed by atoms with E-state index in [9.17, 15) is 9.50 Å². The zero-order valence-electron chi connectivity index (χ0n) is 11.6. The van der Waals surface area contributed by atoms with Crippen LogP contribution in [-0.2, 0) is 12.8 Å². The first kappa shape index (κ1) is 14.5. The summed E-state index contributed by atoms with van der Waals surface area (Å²) in [6.45, 7) is 0. The molecule has 21 heavy (non-hydrogen) atoms. The van der Waals surface area contributed by atoms with Crippen LogP contribution in [0, 0.1) is 11.7 Å². The highest BCUT2D eigenvalue weighted by Crippen LogP contribution is 2.39. The lowest BCUT2D eigenvalue weighted by Crippen LogP contribution is -2.14. The maximum Gasteiger partial charge on any atom is 0.141 e. The van der Waals surface area contributed by atoms with Crippen molar-refractivity contribution in [1.29, 1.82) is 0 Å². The molecule has 1 aliphatic rings. The average Bonchev–Trinajstić information content (AvgIpc) is 2.92. The molecule has 1 unspecified atom stereocenters. The minimum absolute atomic E-state index is 0.0914. The molecule has 4 heteroatoms. The van der Waals surface area contributed by atoms with Crippen LogP contribution in [-0.4, -0.2) is 12.2 Å². The number of aliphatic hydroxyl groups is 1. The SMILES string of the molecule is COc1cc(F)c(Br)cc1C(O)C1Cc2ccccc2C1. The topological polar surface area (TPSA) is 29.5 Å². The van der Waals surface area contributed by atoms with Crippen molar-refractivity contribution in [2.24, 2.45) is 5.92 Å². The van der Waals surface area contributed by atoms with Gasteiger partial charge in [-0.3, -0.25) is 0 Å². The largest absolute Gasteiger partial charge is 0.496 e. The van der Waals surface area contributed by atoms with Gasteiger partial charge >= 0.3 is 0 Å². The Bertz CT molecular complexity index is 647. The Labute approximate surface area is 131 Å². The Hall–Kier alpha value is -1.39. The van der Waals surface area contributed by atoms with Gasteiger partial charge in [0, 0.05) is 11.6 Å². The monoisotopic (exact) mass is 350 g/mol. The third-order valence-electron chi connectivity index (χ3n) is 4.12. The summed E-state index contributed by atoms with van der Waals surface area (Å²) in [4.78, 5) is 0. The highest BCUT2D eigenvalue weighted by molar-refractivity contribution is 9.10. The van der Waals surface area contributed by atoms with Crippen molar-refractivity contribution < 1.29 is 14.2 Å². The first-order chi connectivity index (χ1) is 10.1. The summed E-state index contributed by atoms with van der Waals surface area (Å²) in [5.41, 5.74) is 3.19. The number of fused-ring (bicyclic) bond motifs is 1. The van der Waals surface area contributed by atoms with E-state index in [-0.39, 0.29) is 5.92 Å². The van der Waals surface area contributed by atoms with Crippen LogP contribution >= 0.6 is 15.9 Å². The molecule has 2 aromatic rings. The van der Waals surface area contributed by atoms with Gasteiger partial charge in [-0.25, -0.2) is 4.39 Å². The van der Waals surface area contributed by atoms with Crippen molar-refractivity contribution in [3.05, 3.63) is 63.4 Å². The van der Waals surface area contributed by atoms with Crippen molar-refractivity contribution >= 4 is 15.9 Å². The third-order valence-corrected chi connectivity index (χ3v) is 4.73. The van der Waals surface area contributed by atoms with Crippen LogP contribution < -0.4 is 4.74 Å². The lowest BCUT2D eigenvalue weighted by Gasteiger charge is -2.21. The van der Waals surface area contributed by atoms with Gasteiger partial charge < -0.3 is 9.84 Å². The van der Waals surface area contributed by atoms with Gasteiger partial charge in [0.1, 0.15) is 11.6 Å². The number of ether oxygens (including phenoxy) is 1. The summed E-state index contributed by atoms with van der Waals surface area (Å²) in [7, 11) is 1.49. The third kappa shape index (κ3) is 2.70. The standard InChI is InChI=1S/C17H16BrFO2/c1-21-16-9-15(19)14(18)8-13(16)17(20)12-6-10-4-2-3-5-11(10)7-12/h2-5,8-9,12,17,20H,6-7H2,1H3. The Morgan fingerprint density at radius 3 is 2.43 bits per heavy atom. The molecule has 0 heterocycles. The predicted molar refractivity (Wildman–Crippen MR) is 83.0 cm³/mol. The Kier molecular flexibility index (Phi) is 4.00. The van der Waals surface area contributed by atoms with Gasteiger partial charge in [-0.15, -0.1) is 0 Å². The molecule has 2 aromatic carbocycles. The van der Waals surface area contributed by atoms with Gasteiger partial charge in [-0.2, -0.15) is 0 Å². The summed E-state index contributed by atoms with van der Waals surface area (Å²) >= 11 is 3.17. The van der Waals surface area contributed by atoms with Crippen LogP contribution in [0.1, 0.15) is 22.8 Å². The molecule has 1 atom stereocenters. The van der Waals surface area contributed by atoms with Crippen LogP contribution in [0.3, 0.4) is 0 Å². The molecule has 0 bridgehead atoms. The fraction of sp³-hybridized carbons (Fsp3) is 0.294. The van der Waals surface area contributed by atoms with Gasteiger partial charge in [0.15, 0.2) is 0 Å². The van der Waals surface area contributed by atoms with Crippen molar-refractivity contribution in [2.75, 3.05) is 7.11 Å². The number of benzene rings is 2. The number of hydrogen-bond acceptors (Lipinski definition) is 2. The lowest BCUT2D eigenvalue weighted by atomic mass is 9.92. The number of methoxy groups -OCH3 is 1. The highest BCUT2D eigenvalue weighted by Gasteiger charge is 2.30. The van der Waals surface area contributed by atoms with E-state index in [2.05, 4.69) is 28.1 Å². The second kappa shape index (κ2) is 5.78. The summed E-state index contributed by atoms with van der Waals surface area (Å²) in [5, 5.41) is 10.7.